The Morgan fingerprint density at radius 1 is 1.08 bits per heavy atom. The third-order valence-corrected chi connectivity index (χ3v) is 3.75. The van der Waals surface area contributed by atoms with Gasteiger partial charge in [0.25, 0.3) is 0 Å². The summed E-state index contributed by atoms with van der Waals surface area (Å²) < 4.78 is 16.8. The van der Waals surface area contributed by atoms with E-state index in [1.54, 1.807) is 43.5 Å². The topological polar surface area (TPSA) is 70.7 Å². The third-order valence-electron chi connectivity index (χ3n) is 3.51. The minimum absolute atomic E-state index is 0.229. The lowest BCUT2D eigenvalue weighted by Gasteiger charge is -2.10. The first kappa shape index (κ1) is 16.1. The van der Waals surface area contributed by atoms with E-state index < -0.39 is 11.4 Å². The van der Waals surface area contributed by atoms with Crippen LogP contribution >= 0.6 is 11.6 Å². The quantitative estimate of drug-likeness (QED) is 0.709. The van der Waals surface area contributed by atoms with E-state index >= 15 is 0 Å². The lowest BCUT2D eigenvalue weighted by molar-refractivity contribution is 0.287. The zero-order chi connectivity index (χ0) is 17.1. The van der Waals surface area contributed by atoms with Crippen LogP contribution in [-0.2, 0) is 6.54 Å². The van der Waals surface area contributed by atoms with Gasteiger partial charge in [0.05, 0.1) is 24.6 Å². The van der Waals surface area contributed by atoms with Gasteiger partial charge >= 0.3 is 11.4 Å². The Balaban J connectivity index is 1.82. The molecule has 3 aromatic rings. The fraction of sp³-hybridized carbons (Fsp3) is 0.176. The predicted molar refractivity (Wildman–Crippen MR) is 90.2 cm³/mol. The van der Waals surface area contributed by atoms with Gasteiger partial charge in [0.1, 0.15) is 18.1 Å². The second-order valence-electron chi connectivity index (χ2n) is 4.99. The summed E-state index contributed by atoms with van der Waals surface area (Å²) in [5, 5.41) is 0.654. The van der Waals surface area contributed by atoms with E-state index in [1.165, 1.54) is 10.6 Å². The Bertz CT molecular complexity index is 975. The summed E-state index contributed by atoms with van der Waals surface area (Å²) >= 11 is 5.89. The van der Waals surface area contributed by atoms with Crippen LogP contribution in [0.5, 0.6) is 11.5 Å². The maximum Gasteiger partial charge on any atom is 0.422 e. The van der Waals surface area contributed by atoms with Crippen molar-refractivity contribution in [3.63, 3.8) is 0 Å². The molecule has 7 heteroatoms. The summed E-state index contributed by atoms with van der Waals surface area (Å²) in [6, 6.07) is 11.8. The van der Waals surface area contributed by atoms with Crippen molar-refractivity contribution >= 4 is 22.5 Å². The van der Waals surface area contributed by atoms with Crippen molar-refractivity contribution in [3.05, 3.63) is 68.5 Å². The number of halogens is 1. The predicted octanol–water partition coefficient (Wildman–Crippen LogP) is 2.70. The molecular formula is C17H14ClNO5. The summed E-state index contributed by atoms with van der Waals surface area (Å²) in [6.07, 6.45) is 0. The molecule has 0 saturated heterocycles. The normalized spacial score (nSPS) is 10.8. The fourth-order valence-electron chi connectivity index (χ4n) is 2.33. The van der Waals surface area contributed by atoms with Crippen LogP contribution in [0.15, 0.2) is 56.5 Å². The Kier molecular flexibility index (Phi) is 4.57. The van der Waals surface area contributed by atoms with Gasteiger partial charge in [-0.3, -0.25) is 4.57 Å². The molecule has 0 saturated carbocycles. The Hall–Kier alpha value is -2.73. The first-order valence-electron chi connectivity index (χ1n) is 7.18. The molecule has 0 fully saturated rings. The molecule has 0 aliphatic heterocycles. The molecule has 1 aromatic heterocycles. The number of ether oxygens (including phenoxy) is 2. The highest BCUT2D eigenvalue weighted by molar-refractivity contribution is 6.31. The first-order chi connectivity index (χ1) is 11.6. The van der Waals surface area contributed by atoms with Crippen LogP contribution in [0, 0.1) is 0 Å². The van der Waals surface area contributed by atoms with Gasteiger partial charge in [0, 0.05) is 5.02 Å². The molecular weight excluding hydrogens is 334 g/mol. The largest absolute Gasteiger partial charge is 0.497 e. The van der Waals surface area contributed by atoms with Crippen LogP contribution in [0.1, 0.15) is 0 Å². The van der Waals surface area contributed by atoms with Gasteiger partial charge in [-0.15, -0.1) is 0 Å². The SMILES string of the molecule is COc1ccc(OCCn2c(=O)oc(=O)c3cc(Cl)ccc32)cc1. The summed E-state index contributed by atoms with van der Waals surface area (Å²) in [6.45, 7) is 0.463. The molecule has 0 aliphatic rings. The standard InChI is InChI=1S/C17H14ClNO5/c1-22-12-3-5-13(6-4-12)23-9-8-19-15-7-2-11(18)10-14(15)16(20)24-17(19)21/h2-7,10H,8-9H2,1H3. The van der Waals surface area contributed by atoms with Gasteiger partial charge in [-0.2, -0.15) is 0 Å². The molecule has 1 heterocycles. The third kappa shape index (κ3) is 3.28. The van der Waals surface area contributed by atoms with Crippen molar-refractivity contribution in [3.8, 4) is 11.5 Å². The molecule has 0 atom stereocenters. The minimum Gasteiger partial charge on any atom is -0.497 e. The van der Waals surface area contributed by atoms with Crippen LogP contribution in [0.3, 0.4) is 0 Å². The fourth-order valence-corrected chi connectivity index (χ4v) is 2.51. The van der Waals surface area contributed by atoms with Gasteiger partial charge in [-0.05, 0) is 42.5 Å². The average molecular weight is 348 g/mol. The molecule has 0 aliphatic carbocycles. The van der Waals surface area contributed by atoms with E-state index in [4.69, 9.17) is 25.5 Å². The molecule has 0 radical (unpaired) electrons. The number of methoxy groups -OCH3 is 1. The number of hydrogen-bond acceptors (Lipinski definition) is 5. The van der Waals surface area contributed by atoms with Crippen LogP contribution in [0.4, 0.5) is 0 Å². The van der Waals surface area contributed by atoms with E-state index in [-0.39, 0.29) is 18.5 Å². The van der Waals surface area contributed by atoms with E-state index in [0.29, 0.717) is 16.3 Å². The van der Waals surface area contributed by atoms with Crippen molar-refractivity contribution in [2.24, 2.45) is 0 Å². The molecule has 0 spiro atoms. The number of rotatable bonds is 5. The van der Waals surface area contributed by atoms with Gasteiger partial charge in [-0.25, -0.2) is 9.59 Å². The van der Waals surface area contributed by atoms with Crippen molar-refractivity contribution < 1.29 is 13.9 Å². The molecule has 24 heavy (non-hydrogen) atoms. The summed E-state index contributed by atoms with van der Waals surface area (Å²) in [4.78, 5) is 23.7. The van der Waals surface area contributed by atoms with Gasteiger partial charge in [0.15, 0.2) is 0 Å². The van der Waals surface area contributed by atoms with E-state index in [1.807, 2.05) is 0 Å². The van der Waals surface area contributed by atoms with Crippen LogP contribution in [0.2, 0.25) is 5.02 Å². The Morgan fingerprint density at radius 2 is 1.79 bits per heavy atom. The molecule has 2 aromatic carbocycles. The van der Waals surface area contributed by atoms with E-state index in [2.05, 4.69) is 0 Å². The monoisotopic (exact) mass is 347 g/mol. The first-order valence-corrected chi connectivity index (χ1v) is 7.56. The zero-order valence-electron chi connectivity index (χ0n) is 12.8. The number of hydrogen-bond donors (Lipinski definition) is 0. The van der Waals surface area contributed by atoms with Crippen LogP contribution in [0.25, 0.3) is 10.9 Å². The molecule has 0 bridgehead atoms. The highest BCUT2D eigenvalue weighted by Gasteiger charge is 2.10. The molecule has 0 amide bonds. The van der Waals surface area contributed by atoms with Crippen molar-refractivity contribution in [1.29, 1.82) is 0 Å². The number of aromatic nitrogens is 1. The zero-order valence-corrected chi connectivity index (χ0v) is 13.6. The molecule has 6 nitrogen and oxygen atoms in total. The van der Waals surface area contributed by atoms with Crippen molar-refractivity contribution in [1.82, 2.24) is 4.57 Å². The lowest BCUT2D eigenvalue weighted by atomic mass is 10.2. The second kappa shape index (κ2) is 6.80. The highest BCUT2D eigenvalue weighted by atomic mass is 35.5. The maximum absolute atomic E-state index is 12.0. The van der Waals surface area contributed by atoms with Crippen LogP contribution in [-0.4, -0.2) is 18.3 Å². The highest BCUT2D eigenvalue weighted by Crippen LogP contribution is 2.18. The molecule has 0 unspecified atom stereocenters. The van der Waals surface area contributed by atoms with Crippen molar-refractivity contribution in [2.45, 2.75) is 6.54 Å². The number of benzene rings is 2. The van der Waals surface area contributed by atoms with E-state index in [0.717, 1.165) is 5.75 Å². The van der Waals surface area contributed by atoms with Gasteiger partial charge in [-0.1, -0.05) is 11.6 Å². The lowest BCUT2D eigenvalue weighted by Crippen LogP contribution is -2.27. The number of nitrogens with zero attached hydrogens (tertiary/aromatic N) is 1. The summed E-state index contributed by atoms with van der Waals surface area (Å²) in [5.74, 6) is 0.646. The van der Waals surface area contributed by atoms with Gasteiger partial charge in [0.2, 0.25) is 0 Å². The van der Waals surface area contributed by atoms with Gasteiger partial charge < -0.3 is 13.9 Å². The summed E-state index contributed by atoms with van der Waals surface area (Å²) in [7, 11) is 1.59. The summed E-state index contributed by atoms with van der Waals surface area (Å²) in [5.41, 5.74) is -0.246. The van der Waals surface area contributed by atoms with Crippen molar-refractivity contribution in [2.75, 3.05) is 13.7 Å². The minimum atomic E-state index is -0.729. The number of fused-ring (bicyclic) bond motifs is 1. The molecule has 124 valence electrons. The molecule has 0 N–H and O–H groups in total. The smallest absolute Gasteiger partial charge is 0.422 e. The second-order valence-corrected chi connectivity index (χ2v) is 5.43. The maximum atomic E-state index is 12.0. The average Bonchev–Trinajstić information content (AvgIpc) is 2.58. The van der Waals surface area contributed by atoms with E-state index in [9.17, 15) is 9.59 Å². The Morgan fingerprint density at radius 3 is 2.50 bits per heavy atom. The Labute approximate surface area is 141 Å². The molecule has 3 rings (SSSR count). The van der Waals surface area contributed by atoms with Crippen LogP contribution < -0.4 is 20.9 Å².